The van der Waals surface area contributed by atoms with Crippen molar-refractivity contribution in [1.29, 1.82) is 0 Å². The number of hydrogen-bond acceptors (Lipinski definition) is 7. The van der Waals surface area contributed by atoms with Gasteiger partial charge in [-0.25, -0.2) is 13.2 Å². The van der Waals surface area contributed by atoms with E-state index in [1.54, 1.807) is 13.8 Å². The Hall–Kier alpha value is -3.06. The van der Waals surface area contributed by atoms with E-state index in [9.17, 15) is 27.9 Å². The number of amides is 2. The predicted molar refractivity (Wildman–Crippen MR) is 157 cm³/mol. The second kappa shape index (κ2) is 11.8. The number of likely N-dealkylation sites (tertiary alicyclic amines) is 1. The molecule has 2 aliphatic rings. The molecule has 2 fully saturated rings. The first-order valence-electron chi connectivity index (χ1n) is 14.0. The fraction of sp³-hybridized carbons (Fsp3) is 0.467. The number of carbonyl (C=O) groups excluding carboxylic acids is 2. The molecule has 0 unspecified atom stereocenters. The Morgan fingerprint density at radius 3 is 2.47 bits per heavy atom. The molecule has 1 saturated heterocycles. The minimum Gasteiger partial charge on any atom is -0.390 e. The SMILES string of the molecule is CC1(O)CCC(N2CC(CC(=O)NC(C)(C)c3cc(Cl)ccc3F)(NC(=O)c3nnc(-c4ccc(F)cc4F)s3)C2)CC1. The van der Waals surface area contributed by atoms with Gasteiger partial charge < -0.3 is 15.7 Å². The van der Waals surface area contributed by atoms with Gasteiger partial charge >= 0.3 is 0 Å². The summed E-state index contributed by atoms with van der Waals surface area (Å²) in [5.41, 5.74) is -2.51. The third-order valence-corrected chi connectivity index (χ3v) is 9.46. The van der Waals surface area contributed by atoms with Crippen molar-refractivity contribution in [2.45, 2.75) is 75.6 Å². The predicted octanol–water partition coefficient (Wildman–Crippen LogP) is 5.20. The maximum absolute atomic E-state index is 14.6. The monoisotopic (exact) mass is 635 g/mol. The summed E-state index contributed by atoms with van der Waals surface area (Å²) in [7, 11) is 0. The molecule has 5 rings (SSSR count). The van der Waals surface area contributed by atoms with Gasteiger partial charge in [-0.3, -0.25) is 14.5 Å². The molecule has 43 heavy (non-hydrogen) atoms. The smallest absolute Gasteiger partial charge is 0.282 e. The van der Waals surface area contributed by atoms with Crippen molar-refractivity contribution in [2.24, 2.45) is 0 Å². The molecule has 8 nitrogen and oxygen atoms in total. The average molecular weight is 636 g/mol. The molecule has 1 aliphatic carbocycles. The number of benzene rings is 2. The van der Waals surface area contributed by atoms with Crippen LogP contribution in [0.25, 0.3) is 10.6 Å². The molecule has 0 atom stereocenters. The summed E-state index contributed by atoms with van der Waals surface area (Å²) in [5, 5.41) is 24.5. The van der Waals surface area contributed by atoms with Crippen LogP contribution >= 0.6 is 22.9 Å². The molecule has 2 heterocycles. The van der Waals surface area contributed by atoms with Gasteiger partial charge in [-0.05, 0) is 76.8 Å². The summed E-state index contributed by atoms with van der Waals surface area (Å²) in [6.45, 7) is 5.92. The molecule has 230 valence electrons. The molecule has 1 saturated carbocycles. The number of nitrogens with zero attached hydrogens (tertiary/aromatic N) is 3. The first-order valence-corrected chi connectivity index (χ1v) is 15.2. The van der Waals surface area contributed by atoms with Gasteiger partial charge in [0.2, 0.25) is 10.9 Å². The van der Waals surface area contributed by atoms with Crippen LogP contribution in [0.2, 0.25) is 5.02 Å². The minimum atomic E-state index is -1.09. The van der Waals surface area contributed by atoms with Crippen molar-refractivity contribution in [3.8, 4) is 10.6 Å². The van der Waals surface area contributed by atoms with Crippen molar-refractivity contribution in [2.75, 3.05) is 13.1 Å². The van der Waals surface area contributed by atoms with Crippen LogP contribution in [0.15, 0.2) is 36.4 Å². The molecule has 1 aromatic heterocycles. The average Bonchev–Trinajstić information content (AvgIpc) is 3.38. The zero-order valence-electron chi connectivity index (χ0n) is 24.0. The summed E-state index contributed by atoms with van der Waals surface area (Å²) in [5.74, 6) is -3.05. The Bertz CT molecular complexity index is 1530. The third kappa shape index (κ3) is 7.03. The molecule has 2 aromatic carbocycles. The standard InChI is InChI=1S/C30H33ClF3N5O3S/c1-28(2,21-12-17(31)4-7-22(21)33)35-24(40)14-30(15-39(16-30)19-8-10-29(3,42)11-9-19)36-25(41)27-38-37-26(43-27)20-6-5-18(32)13-23(20)34/h4-7,12-13,19,42H,8-11,14-16H2,1-3H3,(H,35,40)(H,36,41). The van der Waals surface area contributed by atoms with E-state index in [4.69, 9.17) is 11.6 Å². The topological polar surface area (TPSA) is 107 Å². The number of nitrogens with one attached hydrogen (secondary N) is 2. The molecule has 13 heteroatoms. The van der Waals surface area contributed by atoms with Gasteiger partial charge in [-0.1, -0.05) is 22.9 Å². The summed E-state index contributed by atoms with van der Waals surface area (Å²) in [4.78, 5) is 29.0. The summed E-state index contributed by atoms with van der Waals surface area (Å²) < 4.78 is 42.3. The fourth-order valence-corrected chi connectivity index (χ4v) is 6.88. The Kier molecular flexibility index (Phi) is 8.60. The second-order valence-electron chi connectivity index (χ2n) is 12.4. The van der Waals surface area contributed by atoms with Gasteiger partial charge in [0.15, 0.2) is 5.01 Å². The summed E-state index contributed by atoms with van der Waals surface area (Å²) >= 11 is 6.94. The molecule has 3 aromatic rings. The number of carbonyl (C=O) groups is 2. The highest BCUT2D eigenvalue weighted by Crippen LogP contribution is 2.37. The van der Waals surface area contributed by atoms with E-state index >= 15 is 0 Å². The highest BCUT2D eigenvalue weighted by molar-refractivity contribution is 7.16. The van der Waals surface area contributed by atoms with Crippen LogP contribution < -0.4 is 10.6 Å². The van der Waals surface area contributed by atoms with Gasteiger partial charge in [-0.2, -0.15) is 0 Å². The van der Waals surface area contributed by atoms with E-state index in [0.29, 0.717) is 31.0 Å². The van der Waals surface area contributed by atoms with E-state index in [0.717, 1.165) is 36.3 Å². The van der Waals surface area contributed by atoms with Crippen molar-refractivity contribution in [1.82, 2.24) is 25.7 Å². The van der Waals surface area contributed by atoms with E-state index < -0.39 is 45.9 Å². The molecule has 0 radical (unpaired) electrons. The number of aliphatic hydroxyl groups is 1. The highest BCUT2D eigenvalue weighted by atomic mass is 35.5. The van der Waals surface area contributed by atoms with Gasteiger partial charge in [0.05, 0.1) is 23.1 Å². The lowest BCUT2D eigenvalue weighted by atomic mass is 9.78. The van der Waals surface area contributed by atoms with Crippen molar-refractivity contribution in [3.05, 3.63) is 69.4 Å². The van der Waals surface area contributed by atoms with E-state index in [1.807, 2.05) is 6.92 Å². The van der Waals surface area contributed by atoms with E-state index in [1.165, 1.54) is 24.3 Å². The molecular weight excluding hydrogens is 603 g/mol. The van der Waals surface area contributed by atoms with Crippen LogP contribution in [0.5, 0.6) is 0 Å². The van der Waals surface area contributed by atoms with Crippen LogP contribution in [0.4, 0.5) is 13.2 Å². The molecule has 3 N–H and O–H groups in total. The minimum absolute atomic E-state index is 0.0190. The largest absolute Gasteiger partial charge is 0.390 e. The van der Waals surface area contributed by atoms with Gasteiger partial charge in [-0.15, -0.1) is 10.2 Å². The Morgan fingerprint density at radius 2 is 1.79 bits per heavy atom. The number of aromatic nitrogens is 2. The second-order valence-corrected chi connectivity index (χ2v) is 13.8. The first kappa shape index (κ1) is 31.4. The van der Waals surface area contributed by atoms with Crippen molar-refractivity contribution >= 4 is 34.8 Å². The zero-order chi connectivity index (χ0) is 31.2. The maximum Gasteiger partial charge on any atom is 0.282 e. The quantitative estimate of drug-likeness (QED) is 0.314. The normalized spacial score (nSPS) is 22.1. The van der Waals surface area contributed by atoms with Crippen LogP contribution in [0, 0.1) is 17.5 Å². The third-order valence-electron chi connectivity index (χ3n) is 8.27. The van der Waals surface area contributed by atoms with E-state index in [2.05, 4.69) is 25.7 Å². The molecule has 0 spiro atoms. The highest BCUT2D eigenvalue weighted by Gasteiger charge is 2.49. The van der Waals surface area contributed by atoms with Gasteiger partial charge in [0.25, 0.3) is 5.91 Å². The first-order chi connectivity index (χ1) is 20.2. The Morgan fingerprint density at radius 1 is 1.09 bits per heavy atom. The summed E-state index contributed by atoms with van der Waals surface area (Å²) in [6, 6.07) is 7.39. The van der Waals surface area contributed by atoms with Crippen LogP contribution in [-0.4, -0.2) is 62.3 Å². The lowest BCUT2D eigenvalue weighted by molar-refractivity contribution is -0.127. The van der Waals surface area contributed by atoms with Crippen LogP contribution in [0.1, 0.15) is 68.2 Å². The lowest BCUT2D eigenvalue weighted by Gasteiger charge is -2.54. The lowest BCUT2D eigenvalue weighted by Crippen LogP contribution is -2.73. The Labute approximate surface area is 256 Å². The van der Waals surface area contributed by atoms with Crippen LogP contribution in [0.3, 0.4) is 0 Å². The molecule has 0 bridgehead atoms. The Balaban J connectivity index is 1.33. The molecule has 2 amide bonds. The maximum atomic E-state index is 14.6. The van der Waals surface area contributed by atoms with Gasteiger partial charge in [0, 0.05) is 41.3 Å². The van der Waals surface area contributed by atoms with Crippen molar-refractivity contribution in [3.63, 3.8) is 0 Å². The van der Waals surface area contributed by atoms with Crippen LogP contribution in [-0.2, 0) is 10.3 Å². The van der Waals surface area contributed by atoms with E-state index in [-0.39, 0.29) is 33.6 Å². The molecular formula is C30H33ClF3N5O3S. The summed E-state index contributed by atoms with van der Waals surface area (Å²) in [6.07, 6.45) is 2.78. The number of halogens is 4. The number of rotatable bonds is 8. The number of hydrogen-bond donors (Lipinski definition) is 3. The molecule has 1 aliphatic heterocycles. The fourth-order valence-electron chi connectivity index (χ4n) is 5.94. The van der Waals surface area contributed by atoms with Gasteiger partial charge in [0.1, 0.15) is 17.5 Å². The van der Waals surface area contributed by atoms with Crippen molar-refractivity contribution < 1.29 is 27.9 Å². The zero-order valence-corrected chi connectivity index (χ0v) is 25.6.